The fraction of sp³-hybridized carbons (Fsp3) is 0.467. The van der Waals surface area contributed by atoms with Crippen molar-refractivity contribution in [3.63, 3.8) is 0 Å². The van der Waals surface area contributed by atoms with Gasteiger partial charge >= 0.3 is 18.9 Å². The Balaban J connectivity index is 0.00000242. The van der Waals surface area contributed by atoms with Crippen LogP contribution < -0.4 is 18.9 Å². The first kappa shape index (κ1) is 20.0. The SMILES string of the molecule is CCCCC1(S([NH-])(=O)=O)C=CC=C[C@]1(C)c1sccc1Cl.[Li+]. The Bertz CT molecular complexity index is 683. The third-order valence-corrected chi connectivity index (χ3v) is 7.56. The molecular weight excluding hydrogens is 333 g/mol. The van der Waals surface area contributed by atoms with E-state index in [1.807, 2.05) is 31.4 Å². The van der Waals surface area contributed by atoms with Crippen LogP contribution in [0.1, 0.15) is 38.0 Å². The van der Waals surface area contributed by atoms with Crippen molar-refractivity contribution in [2.45, 2.75) is 43.3 Å². The van der Waals surface area contributed by atoms with Crippen LogP contribution in [0.5, 0.6) is 0 Å². The van der Waals surface area contributed by atoms with Crippen molar-refractivity contribution in [3.05, 3.63) is 50.8 Å². The normalized spacial score (nSPS) is 27.6. The number of allylic oxidation sites excluding steroid dienone is 3. The standard InChI is InChI=1S/C15H19ClNO2S2.Li/c1-3-4-9-15(21(17,18)19)10-6-5-8-14(15,2)13-12(16)7-11-20-13;/h5-8,10-11H,3-4,9H2,1-2H3,(H-,17,18,19);/q-1;+1/t14-,15?;/m1./s1. The average molecular weight is 352 g/mol. The molecule has 7 heteroatoms. The quantitative estimate of drug-likeness (QED) is 0.763. The molecule has 1 aromatic heterocycles. The molecule has 0 saturated carbocycles. The topological polar surface area (TPSA) is 57.9 Å². The summed E-state index contributed by atoms with van der Waals surface area (Å²) in [5.74, 6) is 0. The fourth-order valence-corrected chi connectivity index (χ4v) is 5.94. The minimum Gasteiger partial charge on any atom is -0.563 e. The van der Waals surface area contributed by atoms with E-state index in [9.17, 15) is 8.42 Å². The summed E-state index contributed by atoms with van der Waals surface area (Å²) in [6, 6.07) is 1.78. The van der Waals surface area contributed by atoms with E-state index in [1.54, 1.807) is 18.2 Å². The summed E-state index contributed by atoms with van der Waals surface area (Å²) in [6.07, 6.45) is 9.14. The van der Waals surface area contributed by atoms with E-state index in [0.29, 0.717) is 11.4 Å². The second kappa shape index (κ2) is 7.25. The summed E-state index contributed by atoms with van der Waals surface area (Å²) in [6.45, 7) is 3.88. The van der Waals surface area contributed by atoms with Gasteiger partial charge in [0.15, 0.2) is 0 Å². The van der Waals surface area contributed by atoms with Gasteiger partial charge in [-0.3, -0.25) is 0 Å². The molecule has 2 atom stereocenters. The van der Waals surface area contributed by atoms with E-state index in [-0.39, 0.29) is 18.9 Å². The molecule has 1 heterocycles. The first-order chi connectivity index (χ1) is 9.78. The summed E-state index contributed by atoms with van der Waals surface area (Å²) in [7, 11) is -4.05. The van der Waals surface area contributed by atoms with E-state index >= 15 is 0 Å². The van der Waals surface area contributed by atoms with Gasteiger partial charge in [-0.2, -0.15) is 0 Å². The van der Waals surface area contributed by atoms with Crippen molar-refractivity contribution in [1.82, 2.24) is 0 Å². The number of nitrogens with one attached hydrogen (secondary N) is 1. The van der Waals surface area contributed by atoms with Crippen LogP contribution in [0.25, 0.3) is 5.14 Å². The summed E-state index contributed by atoms with van der Waals surface area (Å²) in [4.78, 5) is 0.802. The molecule has 1 N–H and O–H groups in total. The third kappa shape index (κ3) is 3.13. The maximum absolute atomic E-state index is 12.4. The zero-order chi connectivity index (χ0) is 15.7. The van der Waals surface area contributed by atoms with Crippen molar-refractivity contribution >= 4 is 33.0 Å². The van der Waals surface area contributed by atoms with Crippen LogP contribution in [0, 0.1) is 0 Å². The Labute approximate surface area is 153 Å². The number of unbranched alkanes of at least 4 members (excludes halogenated alkanes) is 1. The minimum absolute atomic E-state index is 0. The van der Waals surface area contributed by atoms with Gasteiger partial charge in [-0.25, -0.2) is 8.42 Å². The van der Waals surface area contributed by atoms with Gasteiger partial charge in [0.25, 0.3) is 0 Å². The van der Waals surface area contributed by atoms with E-state index in [1.165, 1.54) is 11.3 Å². The first-order valence-electron chi connectivity index (χ1n) is 6.88. The van der Waals surface area contributed by atoms with Crippen LogP contribution >= 0.6 is 22.9 Å². The maximum Gasteiger partial charge on any atom is 1.00 e. The van der Waals surface area contributed by atoms with Gasteiger partial charge in [0.1, 0.15) is 0 Å². The molecule has 116 valence electrons. The second-order valence-corrected chi connectivity index (χ2v) is 8.57. The molecule has 0 amide bonds. The Morgan fingerprint density at radius 3 is 2.45 bits per heavy atom. The van der Waals surface area contributed by atoms with E-state index < -0.39 is 20.2 Å². The molecule has 0 bridgehead atoms. The van der Waals surface area contributed by atoms with Crippen LogP contribution in [0.15, 0.2) is 35.8 Å². The van der Waals surface area contributed by atoms with Gasteiger partial charge in [-0.15, -0.1) is 11.3 Å². The van der Waals surface area contributed by atoms with Crippen molar-refractivity contribution < 1.29 is 27.3 Å². The smallest absolute Gasteiger partial charge is 0.563 e. The molecule has 1 aliphatic rings. The zero-order valence-corrected chi connectivity index (χ0v) is 15.5. The zero-order valence-electron chi connectivity index (χ0n) is 13.1. The van der Waals surface area contributed by atoms with Crippen molar-refractivity contribution in [1.29, 1.82) is 0 Å². The molecule has 1 aliphatic carbocycles. The van der Waals surface area contributed by atoms with Gasteiger partial charge in [-0.05, 0) is 24.8 Å². The predicted octanol–water partition coefficient (Wildman–Crippen LogP) is 2.10. The summed E-state index contributed by atoms with van der Waals surface area (Å²) in [5.41, 5.74) is -0.817. The molecule has 0 saturated heterocycles. The predicted molar refractivity (Wildman–Crippen MR) is 90.5 cm³/mol. The molecule has 3 nitrogen and oxygen atoms in total. The number of rotatable bonds is 5. The van der Waals surface area contributed by atoms with Crippen molar-refractivity contribution in [2.24, 2.45) is 0 Å². The van der Waals surface area contributed by atoms with Crippen LogP contribution in [0.4, 0.5) is 0 Å². The molecule has 0 spiro atoms. The fourth-order valence-electron chi connectivity index (χ4n) is 2.99. The summed E-state index contributed by atoms with van der Waals surface area (Å²) >= 11 is 7.71. The van der Waals surface area contributed by atoms with Gasteiger partial charge in [-0.1, -0.05) is 55.7 Å². The Morgan fingerprint density at radius 1 is 1.32 bits per heavy atom. The van der Waals surface area contributed by atoms with Gasteiger partial charge < -0.3 is 5.14 Å². The molecule has 0 aromatic carbocycles. The van der Waals surface area contributed by atoms with E-state index in [0.717, 1.165) is 17.7 Å². The molecule has 0 radical (unpaired) electrons. The Hall–Kier alpha value is -0.0226. The number of hydrogen-bond donors (Lipinski definition) is 0. The molecular formula is C15H19ClLiNO2S2. The number of halogens is 1. The van der Waals surface area contributed by atoms with Gasteiger partial charge in [0.2, 0.25) is 0 Å². The molecule has 1 unspecified atom stereocenters. The largest absolute Gasteiger partial charge is 1.00 e. The average Bonchev–Trinajstić information content (AvgIpc) is 2.83. The van der Waals surface area contributed by atoms with Crippen LogP contribution in [-0.2, 0) is 15.4 Å². The molecule has 0 aliphatic heterocycles. The maximum atomic E-state index is 12.4. The van der Waals surface area contributed by atoms with Crippen LogP contribution in [0.2, 0.25) is 5.02 Å². The van der Waals surface area contributed by atoms with Gasteiger partial charge in [0.05, 0.1) is 19.8 Å². The third-order valence-electron chi connectivity index (χ3n) is 4.26. The van der Waals surface area contributed by atoms with Crippen molar-refractivity contribution in [2.75, 3.05) is 0 Å². The number of sulfonamides is 1. The van der Waals surface area contributed by atoms with Crippen molar-refractivity contribution in [3.8, 4) is 0 Å². The summed E-state index contributed by atoms with van der Waals surface area (Å²) in [5, 5.41) is 10.2. The number of thiophene rings is 1. The molecule has 22 heavy (non-hydrogen) atoms. The Morgan fingerprint density at radius 2 is 1.95 bits per heavy atom. The Kier molecular flexibility index (Phi) is 6.60. The molecule has 2 rings (SSSR count). The number of hydrogen-bond acceptors (Lipinski definition) is 3. The molecule has 1 aromatic rings. The van der Waals surface area contributed by atoms with Crippen LogP contribution in [0.3, 0.4) is 0 Å². The molecule has 0 fully saturated rings. The van der Waals surface area contributed by atoms with E-state index in [2.05, 4.69) is 0 Å². The minimum atomic E-state index is -4.05. The van der Waals surface area contributed by atoms with Crippen LogP contribution in [-0.4, -0.2) is 13.2 Å². The summed E-state index contributed by atoms with van der Waals surface area (Å²) < 4.78 is 23.5. The second-order valence-electron chi connectivity index (χ2n) is 5.51. The van der Waals surface area contributed by atoms with E-state index in [4.69, 9.17) is 16.7 Å². The monoisotopic (exact) mass is 351 g/mol. The van der Waals surface area contributed by atoms with Gasteiger partial charge in [0, 0.05) is 10.3 Å². The first-order valence-corrected chi connectivity index (χ1v) is 9.62.